The van der Waals surface area contributed by atoms with E-state index >= 15 is 0 Å². The van der Waals surface area contributed by atoms with E-state index in [0.29, 0.717) is 16.8 Å². The van der Waals surface area contributed by atoms with E-state index < -0.39 is 5.82 Å². The van der Waals surface area contributed by atoms with Crippen LogP contribution >= 0.6 is 11.6 Å². The molecule has 1 aromatic heterocycles. The zero-order chi connectivity index (χ0) is 11.5. The number of nitriles is 1. The van der Waals surface area contributed by atoms with Crippen molar-refractivity contribution in [2.45, 2.75) is 0 Å². The Balaban J connectivity index is 2.43. The molecule has 0 saturated carbocycles. The monoisotopic (exact) mass is 232 g/mol. The first-order chi connectivity index (χ1) is 7.70. The Labute approximate surface area is 96.9 Å². The van der Waals surface area contributed by atoms with Gasteiger partial charge in [0.15, 0.2) is 0 Å². The van der Waals surface area contributed by atoms with Crippen molar-refractivity contribution in [3.8, 4) is 17.3 Å². The number of benzene rings is 1. The average molecular weight is 233 g/mol. The maximum absolute atomic E-state index is 13.2. The van der Waals surface area contributed by atoms with Crippen LogP contribution in [0.4, 0.5) is 4.39 Å². The third-order valence-electron chi connectivity index (χ3n) is 2.11. The second-order valence-electron chi connectivity index (χ2n) is 3.17. The highest BCUT2D eigenvalue weighted by Gasteiger charge is 2.04. The number of pyridine rings is 1. The fourth-order valence-corrected chi connectivity index (χ4v) is 1.40. The van der Waals surface area contributed by atoms with Gasteiger partial charge in [-0.15, -0.1) is 0 Å². The van der Waals surface area contributed by atoms with Crippen LogP contribution in [-0.4, -0.2) is 4.98 Å². The Morgan fingerprint density at radius 2 is 2.06 bits per heavy atom. The molecule has 0 fully saturated rings. The van der Waals surface area contributed by atoms with Crippen molar-refractivity contribution in [1.29, 1.82) is 5.26 Å². The minimum Gasteiger partial charge on any atom is -0.255 e. The molecule has 0 aliphatic carbocycles. The molecule has 0 aliphatic rings. The highest BCUT2D eigenvalue weighted by atomic mass is 35.5. The van der Waals surface area contributed by atoms with Gasteiger partial charge in [-0.25, -0.2) is 4.39 Å². The van der Waals surface area contributed by atoms with Crippen LogP contribution in [0.15, 0.2) is 36.5 Å². The van der Waals surface area contributed by atoms with Crippen molar-refractivity contribution in [2.24, 2.45) is 0 Å². The second kappa shape index (κ2) is 4.30. The van der Waals surface area contributed by atoms with Crippen molar-refractivity contribution < 1.29 is 4.39 Å². The van der Waals surface area contributed by atoms with Gasteiger partial charge in [0, 0.05) is 11.8 Å². The molecule has 78 valence electrons. The number of aromatic nitrogens is 1. The predicted molar refractivity (Wildman–Crippen MR) is 59.4 cm³/mol. The fraction of sp³-hybridized carbons (Fsp3) is 0. The number of hydrogen-bond acceptors (Lipinski definition) is 2. The van der Waals surface area contributed by atoms with E-state index in [1.54, 1.807) is 18.2 Å². The first-order valence-corrected chi connectivity index (χ1v) is 4.90. The molecule has 2 rings (SSSR count). The van der Waals surface area contributed by atoms with Crippen molar-refractivity contribution in [1.82, 2.24) is 4.98 Å². The van der Waals surface area contributed by atoms with Gasteiger partial charge in [-0.3, -0.25) is 4.98 Å². The first-order valence-electron chi connectivity index (χ1n) is 4.52. The minimum atomic E-state index is -0.481. The summed E-state index contributed by atoms with van der Waals surface area (Å²) >= 11 is 5.58. The van der Waals surface area contributed by atoms with Gasteiger partial charge in [0.2, 0.25) is 0 Å². The summed E-state index contributed by atoms with van der Waals surface area (Å²) in [6.07, 6.45) is 1.45. The molecule has 1 heterocycles. The van der Waals surface area contributed by atoms with Crippen LogP contribution in [0.3, 0.4) is 0 Å². The van der Waals surface area contributed by atoms with Gasteiger partial charge in [-0.2, -0.15) is 5.26 Å². The van der Waals surface area contributed by atoms with Crippen molar-refractivity contribution >= 4 is 11.6 Å². The van der Waals surface area contributed by atoms with E-state index in [9.17, 15) is 4.39 Å². The van der Waals surface area contributed by atoms with E-state index in [1.807, 2.05) is 6.07 Å². The van der Waals surface area contributed by atoms with E-state index in [4.69, 9.17) is 16.9 Å². The van der Waals surface area contributed by atoms with Crippen LogP contribution in [0.1, 0.15) is 5.56 Å². The average Bonchev–Trinajstić information content (AvgIpc) is 2.33. The molecule has 16 heavy (non-hydrogen) atoms. The standard InChI is InChI=1S/C12H6ClFN2/c13-10-3-2-9(5-11(10)14)12-4-1-8(6-15)7-16-12/h1-5,7H. The first kappa shape index (κ1) is 10.6. The highest BCUT2D eigenvalue weighted by Crippen LogP contribution is 2.22. The van der Waals surface area contributed by atoms with E-state index in [0.717, 1.165) is 0 Å². The summed E-state index contributed by atoms with van der Waals surface area (Å²) in [4.78, 5) is 4.06. The minimum absolute atomic E-state index is 0.0809. The van der Waals surface area contributed by atoms with E-state index in [2.05, 4.69) is 4.98 Å². The van der Waals surface area contributed by atoms with Crippen molar-refractivity contribution in [3.05, 3.63) is 52.9 Å². The van der Waals surface area contributed by atoms with Crippen molar-refractivity contribution in [2.75, 3.05) is 0 Å². The number of rotatable bonds is 1. The topological polar surface area (TPSA) is 36.7 Å². The molecule has 4 heteroatoms. The smallest absolute Gasteiger partial charge is 0.142 e. The molecular formula is C12H6ClFN2. The zero-order valence-electron chi connectivity index (χ0n) is 8.11. The molecular weight excluding hydrogens is 227 g/mol. The summed E-state index contributed by atoms with van der Waals surface area (Å²) in [6, 6.07) is 9.74. The molecule has 0 bridgehead atoms. The SMILES string of the molecule is N#Cc1ccc(-c2ccc(Cl)c(F)c2)nc1. The quantitative estimate of drug-likeness (QED) is 0.756. The largest absolute Gasteiger partial charge is 0.255 e. The fourth-order valence-electron chi connectivity index (χ4n) is 1.29. The molecule has 2 aromatic rings. The van der Waals surface area contributed by atoms with Crippen molar-refractivity contribution in [3.63, 3.8) is 0 Å². The number of nitrogens with zero attached hydrogens (tertiary/aromatic N) is 2. The molecule has 0 atom stereocenters. The lowest BCUT2D eigenvalue weighted by Crippen LogP contribution is -1.86. The highest BCUT2D eigenvalue weighted by molar-refractivity contribution is 6.30. The third kappa shape index (κ3) is 2.02. The summed E-state index contributed by atoms with van der Waals surface area (Å²) in [7, 11) is 0. The van der Waals surface area contributed by atoms with Gasteiger partial charge in [-0.05, 0) is 24.3 Å². The van der Waals surface area contributed by atoms with Gasteiger partial charge in [0.05, 0.1) is 16.3 Å². The molecule has 0 N–H and O–H groups in total. The Kier molecular flexibility index (Phi) is 2.84. The lowest BCUT2D eigenvalue weighted by molar-refractivity contribution is 0.628. The van der Waals surface area contributed by atoms with Crippen LogP contribution in [0.2, 0.25) is 5.02 Å². The molecule has 1 aromatic carbocycles. The molecule has 0 unspecified atom stereocenters. The van der Waals surface area contributed by atoms with Crippen LogP contribution < -0.4 is 0 Å². The van der Waals surface area contributed by atoms with Crippen LogP contribution in [0.5, 0.6) is 0 Å². The lowest BCUT2D eigenvalue weighted by atomic mass is 10.1. The normalized spacial score (nSPS) is 9.81. The van der Waals surface area contributed by atoms with Gasteiger partial charge < -0.3 is 0 Å². The summed E-state index contributed by atoms with van der Waals surface area (Å²) in [5, 5.41) is 8.69. The third-order valence-corrected chi connectivity index (χ3v) is 2.41. The molecule has 0 radical (unpaired) electrons. The number of halogens is 2. The Hall–Kier alpha value is -1.92. The Bertz CT molecular complexity index is 558. The van der Waals surface area contributed by atoms with Crippen LogP contribution in [-0.2, 0) is 0 Å². The van der Waals surface area contributed by atoms with Crippen LogP contribution in [0, 0.1) is 17.1 Å². The summed E-state index contributed by atoms with van der Waals surface area (Å²) in [5.41, 5.74) is 1.71. The molecule has 0 amide bonds. The zero-order valence-corrected chi connectivity index (χ0v) is 8.87. The molecule has 0 aliphatic heterocycles. The second-order valence-corrected chi connectivity index (χ2v) is 3.58. The summed E-state index contributed by atoms with van der Waals surface area (Å²) < 4.78 is 13.2. The Morgan fingerprint density at radius 1 is 1.25 bits per heavy atom. The lowest BCUT2D eigenvalue weighted by Gasteiger charge is -2.01. The summed E-state index contributed by atoms with van der Waals surface area (Å²) in [6.45, 7) is 0. The summed E-state index contributed by atoms with van der Waals surface area (Å²) in [5.74, 6) is -0.481. The van der Waals surface area contributed by atoms with E-state index in [1.165, 1.54) is 18.3 Å². The van der Waals surface area contributed by atoms with Gasteiger partial charge in [0.25, 0.3) is 0 Å². The number of hydrogen-bond donors (Lipinski definition) is 0. The van der Waals surface area contributed by atoms with Gasteiger partial charge in [0.1, 0.15) is 11.9 Å². The Morgan fingerprint density at radius 3 is 2.62 bits per heavy atom. The molecule has 2 nitrogen and oxygen atoms in total. The van der Waals surface area contributed by atoms with Crippen LogP contribution in [0.25, 0.3) is 11.3 Å². The molecule has 0 saturated heterocycles. The van der Waals surface area contributed by atoms with Gasteiger partial charge in [-0.1, -0.05) is 17.7 Å². The van der Waals surface area contributed by atoms with Gasteiger partial charge >= 0.3 is 0 Å². The maximum atomic E-state index is 13.2. The van der Waals surface area contributed by atoms with E-state index in [-0.39, 0.29) is 5.02 Å². The maximum Gasteiger partial charge on any atom is 0.142 e. The predicted octanol–water partition coefficient (Wildman–Crippen LogP) is 3.41. The molecule has 0 spiro atoms.